The third kappa shape index (κ3) is 9.07. The fourth-order valence-corrected chi connectivity index (χ4v) is 7.15. The number of fused-ring (bicyclic) bond motifs is 2. The fourth-order valence-electron chi connectivity index (χ4n) is 7.15. The van der Waals surface area contributed by atoms with E-state index in [-0.39, 0.29) is 0 Å². The average molecular weight is 747 g/mol. The van der Waals surface area contributed by atoms with Crippen LogP contribution in [0.5, 0.6) is 0 Å². The van der Waals surface area contributed by atoms with Crippen molar-refractivity contribution in [2.75, 3.05) is 0 Å². The quantitative estimate of drug-likeness (QED) is 0.133. The first-order valence-electron chi connectivity index (χ1n) is 16.7. The molecule has 2 aliphatic carbocycles. The van der Waals surface area contributed by atoms with E-state index in [1.165, 1.54) is 108 Å². The van der Waals surface area contributed by atoms with Crippen molar-refractivity contribution in [2.24, 2.45) is 0 Å². The van der Waals surface area contributed by atoms with Gasteiger partial charge in [-0.15, -0.1) is 69.1 Å². The Labute approximate surface area is 296 Å². The molecule has 2 nitrogen and oxygen atoms in total. The topological polar surface area (TPSA) is 26.3 Å². The van der Waals surface area contributed by atoms with E-state index in [1.807, 2.05) is 24.3 Å². The number of halogens is 2. The maximum absolute atomic E-state index is 5.58. The number of rotatable bonds is 4. The zero-order chi connectivity index (χ0) is 32.1. The molecule has 0 amide bonds. The van der Waals surface area contributed by atoms with E-state index in [0.717, 1.165) is 32.9 Å². The Balaban J connectivity index is 0.000000155. The molecule has 0 saturated heterocycles. The van der Waals surface area contributed by atoms with Gasteiger partial charge < -0.3 is 8.83 Å². The second-order valence-corrected chi connectivity index (χ2v) is 17.1. The van der Waals surface area contributed by atoms with Gasteiger partial charge in [-0.25, -0.2) is 0 Å². The minimum absolute atomic E-state index is 0.764. The van der Waals surface area contributed by atoms with Gasteiger partial charge in [0.25, 0.3) is 0 Å². The maximum Gasteiger partial charge on any atom is 0.124 e. The minimum atomic E-state index is -0.826. The second kappa shape index (κ2) is 18.4. The predicted octanol–water partition coefficient (Wildman–Crippen LogP) is 13.9. The molecule has 2 heterocycles. The molecule has 0 atom stereocenters. The van der Waals surface area contributed by atoms with Gasteiger partial charge in [0.1, 0.15) is 11.5 Å². The van der Waals surface area contributed by atoms with Crippen LogP contribution in [0.2, 0.25) is 13.1 Å². The van der Waals surface area contributed by atoms with Gasteiger partial charge >= 0.3 is 37.9 Å². The van der Waals surface area contributed by atoms with Gasteiger partial charge in [-0.05, 0) is 72.9 Å². The summed E-state index contributed by atoms with van der Waals surface area (Å²) in [5.74, 6) is 3.47. The number of hydrogen-bond donors (Lipinski definition) is 0. The molecule has 2 aromatic heterocycles. The molecular weight excluding hydrogens is 703 g/mol. The molecule has 6 heteroatoms. The van der Waals surface area contributed by atoms with Crippen LogP contribution in [0.4, 0.5) is 0 Å². The Bertz CT molecular complexity index is 1580. The minimum Gasteiger partial charge on any atom is -0.465 e. The van der Waals surface area contributed by atoms with Crippen LogP contribution >= 0.6 is 17.0 Å². The summed E-state index contributed by atoms with van der Waals surface area (Å²) in [7, 11) is 11.0. The van der Waals surface area contributed by atoms with Crippen LogP contribution in [0.25, 0.3) is 44.2 Å². The first-order valence-corrected chi connectivity index (χ1v) is 25.0. The summed E-state index contributed by atoms with van der Waals surface area (Å²) >= 11 is -0.826. The molecule has 4 aromatic carbocycles. The van der Waals surface area contributed by atoms with E-state index in [4.69, 9.17) is 25.9 Å². The zero-order valence-electron chi connectivity index (χ0n) is 27.0. The van der Waals surface area contributed by atoms with Crippen molar-refractivity contribution >= 4 is 48.1 Å². The Morgan fingerprint density at radius 1 is 0.609 bits per heavy atom. The molecule has 2 aliphatic rings. The molecule has 0 bridgehead atoms. The molecule has 2 fully saturated rings. The van der Waals surface area contributed by atoms with Gasteiger partial charge in [-0.3, -0.25) is 0 Å². The summed E-state index contributed by atoms with van der Waals surface area (Å²) in [6.07, 6.45) is 17.3. The predicted molar refractivity (Wildman–Crippen MR) is 195 cm³/mol. The summed E-state index contributed by atoms with van der Waals surface area (Å²) in [5.41, 5.74) is 5.49. The first-order chi connectivity index (χ1) is 22.7. The molecule has 6 aromatic rings. The van der Waals surface area contributed by atoms with Crippen molar-refractivity contribution in [1.29, 1.82) is 0 Å². The van der Waals surface area contributed by atoms with Crippen molar-refractivity contribution in [2.45, 2.75) is 89.1 Å². The van der Waals surface area contributed by atoms with Gasteiger partial charge in [0, 0.05) is 9.52 Å². The number of benzene rings is 2. The monoisotopic (exact) mass is 744 g/mol. The van der Waals surface area contributed by atoms with E-state index < -0.39 is 20.8 Å². The Kier molecular flexibility index (Phi) is 14.1. The molecular formula is C40H44Cl2O2SiZr. The Morgan fingerprint density at radius 2 is 1.00 bits per heavy atom. The van der Waals surface area contributed by atoms with Gasteiger partial charge in [0.2, 0.25) is 0 Å². The zero-order valence-corrected chi connectivity index (χ0v) is 32.0. The number of furan rings is 2. The largest absolute Gasteiger partial charge is 0.465 e. The van der Waals surface area contributed by atoms with Crippen LogP contribution in [0.3, 0.4) is 0 Å². The SMILES string of the molecule is C[Si]C.[Cl][Zr+2][Cl].c1coc(-c2cccc3[cH-]c(C4CCCCC4)cc23)c1.c1coc(-c2cccc3[cH-]c(C4CCCCC4)cc23)c1. The van der Waals surface area contributed by atoms with Crippen molar-refractivity contribution in [1.82, 2.24) is 0 Å². The Hall–Kier alpha value is -2.10. The van der Waals surface area contributed by atoms with Crippen molar-refractivity contribution < 1.29 is 29.7 Å². The normalized spacial score (nSPS) is 15.2. The summed E-state index contributed by atoms with van der Waals surface area (Å²) in [6.45, 7) is 4.31. The van der Waals surface area contributed by atoms with E-state index in [1.54, 1.807) is 12.5 Å². The van der Waals surface area contributed by atoms with Crippen molar-refractivity contribution in [3.05, 3.63) is 109 Å². The van der Waals surface area contributed by atoms with Gasteiger partial charge in [-0.1, -0.05) is 63.8 Å². The van der Waals surface area contributed by atoms with Crippen molar-refractivity contribution in [3.63, 3.8) is 0 Å². The van der Waals surface area contributed by atoms with Crippen LogP contribution in [-0.2, 0) is 20.8 Å². The summed E-state index contributed by atoms with van der Waals surface area (Å²) in [6, 6.07) is 30.6. The molecule has 2 saturated carbocycles. The van der Waals surface area contributed by atoms with Gasteiger partial charge in [0.05, 0.1) is 12.5 Å². The molecule has 0 N–H and O–H groups in total. The summed E-state index contributed by atoms with van der Waals surface area (Å²) < 4.78 is 11.2. The summed E-state index contributed by atoms with van der Waals surface area (Å²) in [5, 5.41) is 5.37. The van der Waals surface area contributed by atoms with Crippen LogP contribution in [-0.4, -0.2) is 9.52 Å². The Morgan fingerprint density at radius 3 is 1.35 bits per heavy atom. The molecule has 0 aliphatic heterocycles. The van der Waals surface area contributed by atoms with E-state index in [9.17, 15) is 0 Å². The van der Waals surface area contributed by atoms with Crippen molar-refractivity contribution in [3.8, 4) is 22.6 Å². The maximum atomic E-state index is 5.58. The van der Waals surface area contributed by atoms with E-state index >= 15 is 0 Å². The van der Waals surface area contributed by atoms with Crippen LogP contribution < -0.4 is 0 Å². The first kappa shape index (κ1) is 35.2. The van der Waals surface area contributed by atoms with Gasteiger partial charge in [-0.2, -0.15) is 12.1 Å². The standard InChI is InChI=1S/2C19H19O.C2H6Si.2ClH.Zr/c2*1-2-6-14(7-3-1)16-12-15-8-4-9-17(18(15)13-16)19-10-5-11-20-19;1-3-2;;;/h2*4-5,8-14H,1-3,6-7H2;1-2H3;2*1H;/q2*-1;;;;+4/p-2. The number of hydrogen-bond acceptors (Lipinski definition) is 2. The molecule has 46 heavy (non-hydrogen) atoms. The average Bonchev–Trinajstić information content (AvgIpc) is 3.93. The fraction of sp³-hybridized carbons (Fsp3) is 0.350. The second-order valence-electron chi connectivity index (χ2n) is 12.4. The van der Waals surface area contributed by atoms with Crippen LogP contribution in [0.1, 0.15) is 87.2 Å². The molecule has 238 valence electrons. The summed E-state index contributed by atoms with van der Waals surface area (Å²) in [4.78, 5) is 0. The van der Waals surface area contributed by atoms with Crippen LogP contribution in [0.15, 0.2) is 106 Å². The molecule has 2 radical (unpaired) electrons. The molecule has 8 rings (SSSR count). The molecule has 0 spiro atoms. The third-order valence-corrected chi connectivity index (χ3v) is 9.27. The van der Waals surface area contributed by atoms with Gasteiger partial charge in [0.15, 0.2) is 0 Å². The van der Waals surface area contributed by atoms with Crippen LogP contribution in [0, 0.1) is 0 Å². The smallest absolute Gasteiger partial charge is 0.124 e. The van der Waals surface area contributed by atoms with E-state index in [0.29, 0.717) is 0 Å². The molecule has 0 unspecified atom stereocenters. The third-order valence-electron chi connectivity index (χ3n) is 9.27. The van der Waals surface area contributed by atoms with E-state index in [2.05, 4.69) is 73.8 Å².